The van der Waals surface area contributed by atoms with Gasteiger partial charge in [0.05, 0.1) is 13.7 Å². The summed E-state index contributed by atoms with van der Waals surface area (Å²) >= 11 is 0. The number of rotatable bonds is 4. The van der Waals surface area contributed by atoms with Gasteiger partial charge in [0.15, 0.2) is 0 Å². The third-order valence-electron chi connectivity index (χ3n) is 1.88. The van der Waals surface area contributed by atoms with Gasteiger partial charge in [-0.1, -0.05) is 6.07 Å². The first-order valence-electron chi connectivity index (χ1n) is 4.16. The molecule has 1 aromatic rings. The predicted molar refractivity (Wildman–Crippen MR) is 51.6 cm³/mol. The summed E-state index contributed by atoms with van der Waals surface area (Å²) in [7, 11) is 3.32. The Morgan fingerprint density at radius 1 is 1.31 bits per heavy atom. The average molecular weight is 181 g/mol. The molecule has 3 heteroatoms. The quantitative estimate of drug-likeness (QED) is 0.761. The van der Waals surface area contributed by atoms with E-state index in [9.17, 15) is 0 Å². The maximum Gasteiger partial charge on any atom is 0.123 e. The van der Waals surface area contributed by atoms with Crippen molar-refractivity contribution in [1.82, 2.24) is 0 Å². The van der Waals surface area contributed by atoms with E-state index in [2.05, 4.69) is 0 Å². The average Bonchev–Trinajstić information content (AvgIpc) is 2.18. The highest BCUT2D eigenvalue weighted by molar-refractivity contribution is 5.36. The first kappa shape index (κ1) is 10.0. The van der Waals surface area contributed by atoms with Crippen molar-refractivity contribution in [2.75, 3.05) is 14.2 Å². The second-order valence-electron chi connectivity index (χ2n) is 2.78. The highest BCUT2D eigenvalue weighted by Crippen LogP contribution is 2.19. The maximum absolute atomic E-state index is 5.57. The lowest BCUT2D eigenvalue weighted by Gasteiger charge is -2.08. The zero-order valence-electron chi connectivity index (χ0n) is 8.04. The van der Waals surface area contributed by atoms with Gasteiger partial charge in [0.25, 0.3) is 0 Å². The van der Waals surface area contributed by atoms with Crippen molar-refractivity contribution in [3.63, 3.8) is 0 Å². The summed E-state index contributed by atoms with van der Waals surface area (Å²) in [5.74, 6) is 0.836. The van der Waals surface area contributed by atoms with Crippen LogP contribution < -0.4 is 10.5 Å². The molecular weight excluding hydrogens is 166 g/mol. The smallest absolute Gasteiger partial charge is 0.123 e. The van der Waals surface area contributed by atoms with E-state index in [1.807, 2.05) is 18.2 Å². The van der Waals surface area contributed by atoms with Gasteiger partial charge in [-0.15, -0.1) is 0 Å². The molecule has 0 unspecified atom stereocenters. The molecular formula is C10H15NO2. The minimum Gasteiger partial charge on any atom is -0.496 e. The van der Waals surface area contributed by atoms with Crippen LogP contribution in [0.3, 0.4) is 0 Å². The van der Waals surface area contributed by atoms with Crippen molar-refractivity contribution in [2.45, 2.75) is 13.2 Å². The summed E-state index contributed by atoms with van der Waals surface area (Å²) in [6.45, 7) is 1.09. The molecule has 0 aliphatic rings. The molecule has 0 atom stereocenters. The van der Waals surface area contributed by atoms with Gasteiger partial charge < -0.3 is 15.2 Å². The number of hydrogen-bond acceptors (Lipinski definition) is 3. The minimum absolute atomic E-state index is 0.487. The van der Waals surface area contributed by atoms with Crippen LogP contribution in [0.4, 0.5) is 0 Å². The lowest BCUT2D eigenvalue weighted by Crippen LogP contribution is -2.01. The van der Waals surface area contributed by atoms with Crippen molar-refractivity contribution >= 4 is 0 Å². The lowest BCUT2D eigenvalue weighted by atomic mass is 10.1. The van der Waals surface area contributed by atoms with Crippen molar-refractivity contribution < 1.29 is 9.47 Å². The molecule has 72 valence electrons. The number of hydrogen-bond donors (Lipinski definition) is 1. The second kappa shape index (κ2) is 4.84. The summed E-state index contributed by atoms with van der Waals surface area (Å²) in [6.07, 6.45) is 0. The molecule has 0 amide bonds. The van der Waals surface area contributed by atoms with Gasteiger partial charge >= 0.3 is 0 Å². The van der Waals surface area contributed by atoms with E-state index in [0.717, 1.165) is 16.9 Å². The molecule has 0 heterocycles. The molecule has 2 N–H and O–H groups in total. The van der Waals surface area contributed by atoms with E-state index in [-0.39, 0.29) is 0 Å². The van der Waals surface area contributed by atoms with Crippen LogP contribution in [0.2, 0.25) is 0 Å². The monoisotopic (exact) mass is 181 g/mol. The first-order valence-corrected chi connectivity index (χ1v) is 4.16. The van der Waals surface area contributed by atoms with Gasteiger partial charge in [-0.2, -0.15) is 0 Å². The molecule has 0 aromatic heterocycles. The van der Waals surface area contributed by atoms with Gasteiger partial charge in [-0.25, -0.2) is 0 Å². The van der Waals surface area contributed by atoms with Crippen LogP contribution in [0, 0.1) is 0 Å². The Hall–Kier alpha value is -1.06. The molecule has 1 aromatic carbocycles. The molecule has 0 fully saturated rings. The maximum atomic E-state index is 5.57. The van der Waals surface area contributed by atoms with E-state index in [1.54, 1.807) is 14.2 Å². The van der Waals surface area contributed by atoms with E-state index in [0.29, 0.717) is 13.2 Å². The first-order chi connectivity index (χ1) is 6.31. The van der Waals surface area contributed by atoms with E-state index in [4.69, 9.17) is 15.2 Å². The van der Waals surface area contributed by atoms with Gasteiger partial charge in [0.1, 0.15) is 5.75 Å². The van der Waals surface area contributed by atoms with Crippen molar-refractivity contribution in [1.29, 1.82) is 0 Å². The fraction of sp³-hybridized carbons (Fsp3) is 0.400. The molecule has 13 heavy (non-hydrogen) atoms. The van der Waals surface area contributed by atoms with Crippen LogP contribution in [-0.4, -0.2) is 14.2 Å². The number of ether oxygens (including phenoxy) is 2. The van der Waals surface area contributed by atoms with Crippen molar-refractivity contribution in [2.24, 2.45) is 5.73 Å². The van der Waals surface area contributed by atoms with Crippen molar-refractivity contribution in [3.05, 3.63) is 29.3 Å². The second-order valence-corrected chi connectivity index (χ2v) is 2.78. The van der Waals surface area contributed by atoms with Crippen LogP contribution in [0.25, 0.3) is 0 Å². The Kier molecular flexibility index (Phi) is 3.73. The fourth-order valence-corrected chi connectivity index (χ4v) is 1.25. The van der Waals surface area contributed by atoms with Gasteiger partial charge in [-0.3, -0.25) is 0 Å². The van der Waals surface area contributed by atoms with Crippen molar-refractivity contribution in [3.8, 4) is 5.75 Å². The van der Waals surface area contributed by atoms with E-state index < -0.39 is 0 Å². The van der Waals surface area contributed by atoms with Gasteiger partial charge in [0, 0.05) is 19.2 Å². The van der Waals surface area contributed by atoms with Crippen LogP contribution in [-0.2, 0) is 17.9 Å². The zero-order chi connectivity index (χ0) is 9.68. The summed E-state index contributed by atoms with van der Waals surface area (Å²) in [5.41, 5.74) is 7.70. The number of methoxy groups -OCH3 is 2. The third-order valence-corrected chi connectivity index (χ3v) is 1.88. The number of nitrogens with two attached hydrogens (primary N) is 1. The molecule has 0 aliphatic carbocycles. The molecule has 0 saturated heterocycles. The Morgan fingerprint density at radius 3 is 2.62 bits per heavy atom. The normalized spacial score (nSPS) is 10.1. The Bertz CT molecular complexity index is 274. The summed E-state index contributed by atoms with van der Waals surface area (Å²) in [6, 6.07) is 5.89. The molecule has 0 aliphatic heterocycles. The highest BCUT2D eigenvalue weighted by atomic mass is 16.5. The predicted octanol–water partition coefficient (Wildman–Crippen LogP) is 1.30. The Labute approximate surface area is 78.5 Å². The summed E-state index contributed by atoms with van der Waals surface area (Å²) in [4.78, 5) is 0. The minimum atomic E-state index is 0.487. The van der Waals surface area contributed by atoms with Gasteiger partial charge in [0.2, 0.25) is 0 Å². The lowest BCUT2D eigenvalue weighted by molar-refractivity contribution is 0.185. The number of benzene rings is 1. The highest BCUT2D eigenvalue weighted by Gasteiger charge is 2.01. The largest absolute Gasteiger partial charge is 0.496 e. The molecule has 3 nitrogen and oxygen atoms in total. The van der Waals surface area contributed by atoms with Gasteiger partial charge in [-0.05, 0) is 17.7 Å². The Balaban J connectivity index is 2.91. The summed E-state index contributed by atoms with van der Waals surface area (Å²) < 4.78 is 10.2. The summed E-state index contributed by atoms with van der Waals surface area (Å²) in [5, 5.41) is 0. The Morgan fingerprint density at radius 2 is 2.08 bits per heavy atom. The van der Waals surface area contributed by atoms with Crippen LogP contribution in [0.1, 0.15) is 11.1 Å². The SMILES string of the molecule is COCc1ccc(OC)c(CN)c1. The fourth-order valence-electron chi connectivity index (χ4n) is 1.25. The van der Waals surface area contributed by atoms with Crippen LogP contribution in [0.15, 0.2) is 18.2 Å². The van der Waals surface area contributed by atoms with E-state index >= 15 is 0 Å². The molecule has 0 spiro atoms. The molecule has 0 radical (unpaired) electrons. The third kappa shape index (κ3) is 2.44. The molecule has 0 bridgehead atoms. The van der Waals surface area contributed by atoms with Crippen LogP contribution in [0.5, 0.6) is 5.75 Å². The van der Waals surface area contributed by atoms with E-state index in [1.165, 1.54) is 0 Å². The topological polar surface area (TPSA) is 44.5 Å². The zero-order valence-corrected chi connectivity index (χ0v) is 8.04. The standard InChI is InChI=1S/C10H15NO2/c1-12-7-8-3-4-10(13-2)9(5-8)6-11/h3-5H,6-7,11H2,1-2H3. The van der Waals surface area contributed by atoms with Crippen LogP contribution >= 0.6 is 0 Å². The molecule has 0 saturated carbocycles. The molecule has 1 rings (SSSR count).